The second-order valence-electron chi connectivity index (χ2n) is 7.47. The van der Waals surface area contributed by atoms with Crippen LogP contribution in [-0.2, 0) is 13.2 Å². The van der Waals surface area contributed by atoms with Gasteiger partial charge >= 0.3 is 0 Å². The summed E-state index contributed by atoms with van der Waals surface area (Å²) in [4.78, 5) is 2.48. The maximum absolute atomic E-state index is 14.0. The van der Waals surface area contributed by atoms with Gasteiger partial charge in [0.15, 0.2) is 0 Å². The first-order valence-electron chi connectivity index (χ1n) is 9.23. The highest BCUT2D eigenvalue weighted by atomic mass is 35.5. The van der Waals surface area contributed by atoms with Crippen LogP contribution in [0, 0.1) is 17.7 Å². The van der Waals surface area contributed by atoms with Crippen molar-refractivity contribution in [1.29, 1.82) is 0 Å². The number of rotatable bonds is 5. The first-order valence-corrected chi connectivity index (χ1v) is 9.61. The van der Waals surface area contributed by atoms with E-state index in [0.717, 1.165) is 30.9 Å². The van der Waals surface area contributed by atoms with E-state index in [0.29, 0.717) is 28.5 Å². The molecule has 2 aromatic carbocycles. The lowest BCUT2D eigenvalue weighted by Crippen LogP contribution is -2.48. The van der Waals surface area contributed by atoms with E-state index < -0.39 is 0 Å². The van der Waals surface area contributed by atoms with Crippen molar-refractivity contribution in [3.05, 3.63) is 64.4 Å². The molecule has 154 valence electrons. The molecule has 0 spiro atoms. The molecule has 1 saturated carbocycles. The van der Waals surface area contributed by atoms with Crippen molar-refractivity contribution in [3.63, 3.8) is 0 Å². The number of hydrogen-bond donors (Lipinski definition) is 1. The zero-order valence-electron chi connectivity index (χ0n) is 15.5. The van der Waals surface area contributed by atoms with Crippen LogP contribution in [0.3, 0.4) is 0 Å². The molecule has 3 atom stereocenters. The molecule has 28 heavy (non-hydrogen) atoms. The highest BCUT2D eigenvalue weighted by Gasteiger charge is 2.39. The molecule has 7 heteroatoms. The quantitative estimate of drug-likeness (QED) is 0.695. The molecule has 2 fully saturated rings. The largest absolute Gasteiger partial charge is 0.488 e. The number of hydrogen-bond acceptors (Lipinski definition) is 3. The number of ether oxygens (including phenoxy) is 1. The van der Waals surface area contributed by atoms with Crippen LogP contribution in [-0.4, -0.2) is 24.0 Å². The highest BCUT2D eigenvalue weighted by molar-refractivity contribution is 6.31. The molecule has 2 aromatic rings. The van der Waals surface area contributed by atoms with Gasteiger partial charge in [0.2, 0.25) is 0 Å². The zero-order chi connectivity index (χ0) is 18.1. The van der Waals surface area contributed by atoms with Crippen LogP contribution in [0.5, 0.6) is 5.75 Å². The van der Waals surface area contributed by atoms with E-state index in [2.05, 4.69) is 11.0 Å². The van der Waals surface area contributed by atoms with Crippen LogP contribution >= 0.6 is 36.4 Å². The summed E-state index contributed by atoms with van der Waals surface area (Å²) in [5, 5.41) is 0.393. The van der Waals surface area contributed by atoms with Crippen molar-refractivity contribution in [1.82, 2.24) is 4.90 Å². The van der Waals surface area contributed by atoms with Gasteiger partial charge in [-0.3, -0.25) is 4.90 Å². The van der Waals surface area contributed by atoms with Crippen LogP contribution in [0.2, 0.25) is 5.02 Å². The van der Waals surface area contributed by atoms with Crippen LogP contribution < -0.4 is 10.5 Å². The second-order valence-corrected chi connectivity index (χ2v) is 7.87. The summed E-state index contributed by atoms with van der Waals surface area (Å²) in [5.41, 5.74) is 7.83. The Balaban J connectivity index is 0.00000140. The minimum Gasteiger partial charge on any atom is -0.488 e. The Morgan fingerprint density at radius 1 is 1.04 bits per heavy atom. The van der Waals surface area contributed by atoms with Gasteiger partial charge in [-0.1, -0.05) is 35.9 Å². The van der Waals surface area contributed by atoms with Gasteiger partial charge in [0, 0.05) is 36.8 Å². The van der Waals surface area contributed by atoms with E-state index in [9.17, 15) is 4.39 Å². The summed E-state index contributed by atoms with van der Waals surface area (Å²) >= 11 is 6.10. The molecule has 3 nitrogen and oxygen atoms in total. The van der Waals surface area contributed by atoms with Gasteiger partial charge < -0.3 is 10.5 Å². The van der Waals surface area contributed by atoms with Crippen molar-refractivity contribution in [2.24, 2.45) is 17.6 Å². The normalized spacial score (nSPS) is 23.6. The standard InChI is InChI=1S/C21H24ClFN2O.2ClH/c22-18-5-3-6-19(23)17(18)13-26-20-7-2-1-4-14(20)10-25-11-15-8-9-16(12-25)21(15)24;;/h1-7,15-16,21H,8-13,24H2;2*1H/t15-,16+,21?;;. The first-order chi connectivity index (χ1) is 12.6. The number of nitrogens with two attached hydrogens (primary N) is 1. The summed E-state index contributed by atoms with van der Waals surface area (Å²) in [6, 6.07) is 13.0. The summed E-state index contributed by atoms with van der Waals surface area (Å²) < 4.78 is 19.9. The minimum atomic E-state index is -0.337. The monoisotopic (exact) mass is 446 g/mol. The van der Waals surface area contributed by atoms with Crippen molar-refractivity contribution in [2.45, 2.75) is 32.0 Å². The Kier molecular flexibility index (Phi) is 8.41. The summed E-state index contributed by atoms with van der Waals surface area (Å²) in [7, 11) is 0. The predicted molar refractivity (Wildman–Crippen MR) is 116 cm³/mol. The molecular weight excluding hydrogens is 422 g/mol. The molecule has 1 aliphatic heterocycles. The molecule has 4 rings (SSSR count). The van der Waals surface area contributed by atoms with E-state index in [1.807, 2.05) is 18.2 Å². The highest BCUT2D eigenvalue weighted by Crippen LogP contribution is 2.36. The van der Waals surface area contributed by atoms with Gasteiger partial charge in [0.05, 0.1) is 5.02 Å². The third kappa shape index (κ3) is 4.92. The second kappa shape index (κ2) is 10.1. The lowest BCUT2D eigenvalue weighted by molar-refractivity contribution is 0.139. The van der Waals surface area contributed by atoms with Crippen LogP contribution in [0.4, 0.5) is 4.39 Å². The van der Waals surface area contributed by atoms with Gasteiger partial charge in [-0.2, -0.15) is 0 Å². The number of likely N-dealkylation sites (tertiary alicyclic amines) is 1. The fourth-order valence-corrected chi connectivity index (χ4v) is 4.54. The van der Waals surface area contributed by atoms with Crippen LogP contribution in [0.1, 0.15) is 24.0 Å². The Labute approximate surface area is 183 Å². The molecule has 0 aromatic heterocycles. The lowest BCUT2D eigenvalue weighted by Gasteiger charge is -2.36. The maximum atomic E-state index is 14.0. The maximum Gasteiger partial charge on any atom is 0.131 e. The minimum absolute atomic E-state index is 0. The molecule has 1 saturated heterocycles. The number of para-hydroxylation sites is 1. The van der Waals surface area contributed by atoms with Gasteiger partial charge in [-0.05, 0) is 42.9 Å². The van der Waals surface area contributed by atoms with Gasteiger partial charge in [-0.25, -0.2) is 4.39 Å². The number of benzene rings is 2. The Hall–Kier alpha value is -1.04. The van der Waals surface area contributed by atoms with E-state index in [4.69, 9.17) is 22.1 Å². The van der Waals surface area contributed by atoms with Crippen LogP contribution in [0.25, 0.3) is 0 Å². The third-order valence-electron chi connectivity index (χ3n) is 5.78. The Morgan fingerprint density at radius 3 is 2.39 bits per heavy atom. The fraction of sp³-hybridized carbons (Fsp3) is 0.429. The number of halogens is 4. The Bertz CT molecular complexity index is 758. The predicted octanol–water partition coefficient (Wildman–Crippen LogP) is 5.07. The molecule has 1 heterocycles. The molecule has 0 radical (unpaired) electrons. The van der Waals surface area contributed by atoms with Crippen molar-refractivity contribution < 1.29 is 9.13 Å². The van der Waals surface area contributed by atoms with Gasteiger partial charge in [0.25, 0.3) is 0 Å². The average molecular weight is 448 g/mol. The average Bonchev–Trinajstić information content (AvgIpc) is 2.83. The third-order valence-corrected chi connectivity index (χ3v) is 6.14. The number of nitrogens with zero attached hydrogens (tertiary/aromatic N) is 1. The van der Waals surface area contributed by atoms with Crippen molar-refractivity contribution in [2.75, 3.05) is 13.1 Å². The van der Waals surface area contributed by atoms with E-state index in [-0.39, 0.29) is 37.2 Å². The Morgan fingerprint density at radius 2 is 1.71 bits per heavy atom. The van der Waals surface area contributed by atoms with E-state index in [1.165, 1.54) is 18.9 Å². The molecule has 0 amide bonds. The lowest BCUT2D eigenvalue weighted by atomic mass is 9.93. The van der Waals surface area contributed by atoms with Gasteiger partial charge in [0.1, 0.15) is 18.2 Å². The molecule has 2 aliphatic rings. The van der Waals surface area contributed by atoms with Crippen LogP contribution in [0.15, 0.2) is 42.5 Å². The van der Waals surface area contributed by atoms with Gasteiger partial charge in [-0.15, -0.1) is 24.8 Å². The SMILES string of the molecule is Cl.Cl.NC1[C@@H]2CC[C@H]1CN(Cc1ccccc1OCc1c(F)cccc1Cl)C2. The zero-order valence-corrected chi connectivity index (χ0v) is 17.9. The first kappa shape index (κ1) is 23.2. The van der Waals surface area contributed by atoms with Crippen molar-refractivity contribution >= 4 is 36.4 Å². The molecule has 2 bridgehead atoms. The summed E-state index contributed by atoms with van der Waals surface area (Å²) in [6.45, 7) is 3.05. The van der Waals surface area contributed by atoms with E-state index >= 15 is 0 Å². The topological polar surface area (TPSA) is 38.5 Å². The molecular formula is C21H26Cl3FN2O. The molecule has 1 unspecified atom stereocenters. The smallest absolute Gasteiger partial charge is 0.131 e. The molecule has 1 aliphatic carbocycles. The van der Waals surface area contributed by atoms with Crippen molar-refractivity contribution in [3.8, 4) is 5.75 Å². The summed E-state index contributed by atoms with van der Waals surface area (Å²) in [6.07, 6.45) is 2.48. The fourth-order valence-electron chi connectivity index (χ4n) is 4.33. The molecule has 2 N–H and O–H groups in total. The summed E-state index contributed by atoms with van der Waals surface area (Å²) in [5.74, 6) is 1.67. The number of fused-ring (bicyclic) bond motifs is 2. The number of piperidine rings is 1. The van der Waals surface area contributed by atoms with E-state index in [1.54, 1.807) is 12.1 Å².